The van der Waals surface area contributed by atoms with Crippen LogP contribution in [-0.2, 0) is 0 Å². The smallest absolute Gasteiger partial charge is 0.101 e. The Kier molecular flexibility index (Phi) is 5.07. The number of rotatable bonds is 3. The van der Waals surface area contributed by atoms with Crippen molar-refractivity contribution in [3.05, 3.63) is 28.2 Å². The molecule has 0 bridgehead atoms. The number of hydrogen-bond donors (Lipinski definition) is 1. The number of halogens is 1. The lowest BCUT2D eigenvalue weighted by molar-refractivity contribution is 0.483. The van der Waals surface area contributed by atoms with Gasteiger partial charge in [0.15, 0.2) is 0 Å². The number of benzene rings is 1. The van der Waals surface area contributed by atoms with Gasteiger partial charge in [0, 0.05) is 11.0 Å². The monoisotopic (exact) mass is 306 g/mol. The van der Waals surface area contributed by atoms with Gasteiger partial charge in [-0.05, 0) is 37.0 Å². The molecule has 1 aromatic rings. The Hall–Kier alpha value is -1.01. The Labute approximate surface area is 118 Å². The molecule has 0 aromatic heterocycles. The predicted octanol–water partition coefficient (Wildman–Crippen LogP) is 4.70. The van der Waals surface area contributed by atoms with E-state index < -0.39 is 0 Å². The van der Waals surface area contributed by atoms with Gasteiger partial charge < -0.3 is 5.32 Å². The van der Waals surface area contributed by atoms with E-state index in [9.17, 15) is 0 Å². The van der Waals surface area contributed by atoms with Crippen LogP contribution in [0.25, 0.3) is 0 Å². The van der Waals surface area contributed by atoms with Crippen LogP contribution in [0, 0.1) is 17.2 Å². The maximum atomic E-state index is 9.11. The van der Waals surface area contributed by atoms with E-state index in [1.807, 2.05) is 18.2 Å². The molecule has 1 aromatic carbocycles. The molecule has 0 saturated heterocycles. The Balaban J connectivity index is 1.95. The van der Waals surface area contributed by atoms with Gasteiger partial charge in [0.1, 0.15) is 6.07 Å². The quantitative estimate of drug-likeness (QED) is 0.821. The van der Waals surface area contributed by atoms with E-state index in [1.165, 1.54) is 38.5 Å². The van der Waals surface area contributed by atoms with E-state index in [4.69, 9.17) is 5.26 Å². The third-order valence-corrected chi connectivity index (χ3v) is 4.15. The van der Waals surface area contributed by atoms with Gasteiger partial charge in [-0.25, -0.2) is 0 Å². The second-order valence-electron chi connectivity index (χ2n) is 5.04. The predicted molar refractivity (Wildman–Crippen MR) is 78.5 cm³/mol. The number of nitrogens with one attached hydrogen (secondary N) is 1. The third-order valence-electron chi connectivity index (χ3n) is 3.66. The molecule has 2 rings (SSSR count). The van der Waals surface area contributed by atoms with E-state index in [0.717, 1.165) is 28.2 Å². The zero-order chi connectivity index (χ0) is 12.8. The van der Waals surface area contributed by atoms with Gasteiger partial charge in [-0.15, -0.1) is 0 Å². The molecule has 1 aliphatic rings. The first-order chi connectivity index (χ1) is 8.79. The van der Waals surface area contributed by atoms with Gasteiger partial charge >= 0.3 is 0 Å². The fourth-order valence-electron chi connectivity index (χ4n) is 2.59. The van der Waals surface area contributed by atoms with E-state index in [0.29, 0.717) is 0 Å². The zero-order valence-corrected chi connectivity index (χ0v) is 12.2. The van der Waals surface area contributed by atoms with Gasteiger partial charge in [0.2, 0.25) is 0 Å². The summed E-state index contributed by atoms with van der Waals surface area (Å²) in [7, 11) is 0. The van der Waals surface area contributed by atoms with Crippen LogP contribution in [0.3, 0.4) is 0 Å². The molecule has 2 nitrogen and oxygen atoms in total. The molecule has 0 amide bonds. The molecule has 1 N–H and O–H groups in total. The van der Waals surface area contributed by atoms with E-state index in [-0.39, 0.29) is 0 Å². The first kappa shape index (κ1) is 13.4. The molecule has 0 aliphatic heterocycles. The summed E-state index contributed by atoms with van der Waals surface area (Å²) in [4.78, 5) is 0. The van der Waals surface area contributed by atoms with Crippen molar-refractivity contribution in [2.45, 2.75) is 38.5 Å². The van der Waals surface area contributed by atoms with Gasteiger partial charge in [-0.2, -0.15) is 5.26 Å². The second-order valence-corrected chi connectivity index (χ2v) is 5.96. The second kappa shape index (κ2) is 6.80. The summed E-state index contributed by atoms with van der Waals surface area (Å²) in [5.41, 5.74) is 1.68. The van der Waals surface area contributed by atoms with Gasteiger partial charge in [-0.3, -0.25) is 0 Å². The van der Waals surface area contributed by atoms with Crippen LogP contribution >= 0.6 is 15.9 Å². The van der Waals surface area contributed by atoms with Crippen molar-refractivity contribution in [2.24, 2.45) is 5.92 Å². The van der Waals surface area contributed by atoms with Crippen LogP contribution < -0.4 is 5.32 Å². The lowest BCUT2D eigenvalue weighted by Crippen LogP contribution is -2.14. The molecule has 0 unspecified atom stereocenters. The molecule has 1 aliphatic carbocycles. The highest BCUT2D eigenvalue weighted by Gasteiger charge is 2.12. The van der Waals surface area contributed by atoms with Crippen molar-refractivity contribution in [1.29, 1.82) is 5.26 Å². The summed E-state index contributed by atoms with van der Waals surface area (Å²) in [6.45, 7) is 0.996. The summed E-state index contributed by atoms with van der Waals surface area (Å²) < 4.78 is 0.957. The largest absolute Gasteiger partial charge is 0.384 e. The van der Waals surface area contributed by atoms with Crippen LogP contribution in [0.1, 0.15) is 44.1 Å². The van der Waals surface area contributed by atoms with Crippen molar-refractivity contribution >= 4 is 21.6 Å². The highest BCUT2D eigenvalue weighted by Crippen LogP contribution is 2.25. The highest BCUT2D eigenvalue weighted by molar-refractivity contribution is 9.10. The first-order valence-electron chi connectivity index (χ1n) is 6.73. The maximum absolute atomic E-state index is 9.11. The fourth-order valence-corrected chi connectivity index (χ4v) is 2.95. The number of anilines is 1. The molecule has 0 heterocycles. The minimum Gasteiger partial charge on any atom is -0.384 e. The molecule has 96 valence electrons. The number of nitriles is 1. The molecule has 3 heteroatoms. The average Bonchev–Trinajstić information content (AvgIpc) is 2.65. The molecule has 0 radical (unpaired) electrons. The topological polar surface area (TPSA) is 35.8 Å². The van der Waals surface area contributed by atoms with Crippen molar-refractivity contribution in [3.63, 3.8) is 0 Å². The number of hydrogen-bond acceptors (Lipinski definition) is 2. The summed E-state index contributed by atoms with van der Waals surface area (Å²) in [5, 5.41) is 12.6. The lowest BCUT2D eigenvalue weighted by Gasteiger charge is -2.16. The van der Waals surface area contributed by atoms with E-state index in [2.05, 4.69) is 27.3 Å². The third kappa shape index (κ3) is 3.74. The molecular weight excluding hydrogens is 288 g/mol. The van der Waals surface area contributed by atoms with Crippen molar-refractivity contribution in [3.8, 4) is 6.07 Å². The summed E-state index contributed by atoms with van der Waals surface area (Å²) in [6.07, 6.45) is 8.14. The van der Waals surface area contributed by atoms with Crippen LogP contribution in [0.4, 0.5) is 5.69 Å². The van der Waals surface area contributed by atoms with E-state index in [1.54, 1.807) is 0 Å². The summed E-state index contributed by atoms with van der Waals surface area (Å²) in [5.74, 6) is 0.766. The van der Waals surface area contributed by atoms with Gasteiger partial charge in [-0.1, -0.05) is 41.6 Å². The molecule has 0 spiro atoms. The molecule has 0 atom stereocenters. The fraction of sp³-hybridized carbons (Fsp3) is 0.533. The molecule has 18 heavy (non-hydrogen) atoms. The van der Waals surface area contributed by atoms with Crippen LogP contribution in [0.2, 0.25) is 0 Å². The summed E-state index contributed by atoms with van der Waals surface area (Å²) >= 11 is 3.40. The average molecular weight is 307 g/mol. The van der Waals surface area contributed by atoms with Crippen molar-refractivity contribution in [2.75, 3.05) is 11.9 Å². The zero-order valence-electron chi connectivity index (χ0n) is 10.6. The molecular formula is C15H19BrN2. The van der Waals surface area contributed by atoms with Crippen LogP contribution in [0.5, 0.6) is 0 Å². The van der Waals surface area contributed by atoms with Crippen molar-refractivity contribution < 1.29 is 0 Å². The van der Waals surface area contributed by atoms with Crippen LogP contribution in [-0.4, -0.2) is 6.54 Å². The minimum absolute atomic E-state index is 0.720. The summed E-state index contributed by atoms with van der Waals surface area (Å²) in [6, 6.07) is 8.08. The minimum atomic E-state index is 0.720. The molecule has 1 saturated carbocycles. The Morgan fingerprint density at radius 3 is 2.61 bits per heavy atom. The molecule has 1 fully saturated rings. The van der Waals surface area contributed by atoms with Crippen molar-refractivity contribution in [1.82, 2.24) is 0 Å². The standard InChI is InChI=1S/C15H19BrN2/c16-14-7-8-15(13(9-14)10-17)18-11-12-5-3-1-2-4-6-12/h7-9,12,18H,1-6,11H2. The SMILES string of the molecule is N#Cc1cc(Br)ccc1NCC1CCCCCC1. The van der Waals surface area contributed by atoms with E-state index >= 15 is 0 Å². The maximum Gasteiger partial charge on any atom is 0.101 e. The lowest BCUT2D eigenvalue weighted by atomic mass is 10.0. The van der Waals surface area contributed by atoms with Gasteiger partial charge in [0.25, 0.3) is 0 Å². The normalized spacial score (nSPS) is 16.9. The van der Waals surface area contributed by atoms with Crippen LogP contribution in [0.15, 0.2) is 22.7 Å². The first-order valence-corrected chi connectivity index (χ1v) is 7.52. The Bertz CT molecular complexity index is 429. The number of nitrogens with zero attached hydrogens (tertiary/aromatic N) is 1. The Morgan fingerprint density at radius 2 is 1.94 bits per heavy atom. The highest BCUT2D eigenvalue weighted by atomic mass is 79.9. The Morgan fingerprint density at radius 1 is 1.22 bits per heavy atom. The van der Waals surface area contributed by atoms with Gasteiger partial charge in [0.05, 0.1) is 11.3 Å².